The first-order chi connectivity index (χ1) is 5.29. The van der Waals surface area contributed by atoms with E-state index in [0.29, 0.717) is 0 Å². The third-order valence-electron chi connectivity index (χ3n) is 2.35. The van der Waals surface area contributed by atoms with Crippen LogP contribution < -0.4 is 10.6 Å². The molecule has 2 rings (SSSR count). The summed E-state index contributed by atoms with van der Waals surface area (Å²) in [7, 11) is 0. The van der Waals surface area contributed by atoms with Crippen LogP contribution in [-0.2, 0) is 12.8 Å². The SMILES string of the molecule is C=c1ncc2c(c1=C)CCC2. The van der Waals surface area contributed by atoms with Crippen LogP contribution in [0.3, 0.4) is 0 Å². The van der Waals surface area contributed by atoms with Crippen molar-refractivity contribution in [1.29, 1.82) is 0 Å². The van der Waals surface area contributed by atoms with Crippen LogP contribution in [0.15, 0.2) is 6.20 Å². The Labute approximate surface area is 66.1 Å². The van der Waals surface area contributed by atoms with Crippen LogP contribution >= 0.6 is 0 Å². The summed E-state index contributed by atoms with van der Waals surface area (Å²) in [4.78, 5) is 4.18. The lowest BCUT2D eigenvalue weighted by Crippen LogP contribution is -2.28. The summed E-state index contributed by atoms with van der Waals surface area (Å²) in [5.74, 6) is 0. The molecule has 1 heteroatoms. The molecular formula is C10H11N. The second-order valence-electron chi connectivity index (χ2n) is 3.04. The van der Waals surface area contributed by atoms with Crippen molar-refractivity contribution in [3.05, 3.63) is 27.9 Å². The predicted molar refractivity (Wildman–Crippen MR) is 46.6 cm³/mol. The maximum absolute atomic E-state index is 4.18. The minimum atomic E-state index is 0.839. The Hall–Kier alpha value is -1.11. The van der Waals surface area contributed by atoms with Gasteiger partial charge in [-0.05, 0) is 35.6 Å². The summed E-state index contributed by atoms with van der Waals surface area (Å²) in [6, 6.07) is 0. The minimum Gasteiger partial charge on any atom is -0.257 e. The summed E-state index contributed by atoms with van der Waals surface area (Å²) < 4.78 is 0. The van der Waals surface area contributed by atoms with Crippen LogP contribution in [0.2, 0.25) is 0 Å². The van der Waals surface area contributed by atoms with Gasteiger partial charge in [0.25, 0.3) is 0 Å². The van der Waals surface area contributed by atoms with E-state index in [0.717, 1.165) is 10.6 Å². The second-order valence-corrected chi connectivity index (χ2v) is 3.04. The van der Waals surface area contributed by atoms with Gasteiger partial charge in [-0.3, -0.25) is 4.98 Å². The average molecular weight is 145 g/mol. The number of pyridine rings is 1. The van der Waals surface area contributed by atoms with Crippen LogP contribution in [0.5, 0.6) is 0 Å². The van der Waals surface area contributed by atoms with Gasteiger partial charge in [0.2, 0.25) is 0 Å². The maximum atomic E-state index is 4.18. The number of hydrogen-bond acceptors (Lipinski definition) is 1. The highest BCUT2D eigenvalue weighted by Crippen LogP contribution is 2.15. The smallest absolute Gasteiger partial charge is 0.0627 e. The van der Waals surface area contributed by atoms with Crippen molar-refractivity contribution in [3.8, 4) is 0 Å². The molecule has 0 saturated heterocycles. The summed E-state index contributed by atoms with van der Waals surface area (Å²) in [5.41, 5.74) is 2.77. The highest BCUT2D eigenvalue weighted by Gasteiger charge is 2.10. The topological polar surface area (TPSA) is 12.9 Å². The molecule has 0 fully saturated rings. The summed E-state index contributed by atoms with van der Waals surface area (Å²) in [6.45, 7) is 7.79. The fraction of sp³-hybridized carbons (Fsp3) is 0.300. The van der Waals surface area contributed by atoms with Crippen molar-refractivity contribution in [2.45, 2.75) is 19.3 Å². The fourth-order valence-electron chi connectivity index (χ4n) is 1.66. The normalized spacial score (nSPS) is 14.9. The molecule has 0 aromatic carbocycles. The van der Waals surface area contributed by atoms with Crippen LogP contribution in [0.25, 0.3) is 13.2 Å². The average Bonchev–Trinajstić information content (AvgIpc) is 2.45. The lowest BCUT2D eigenvalue weighted by Gasteiger charge is -1.96. The van der Waals surface area contributed by atoms with Gasteiger partial charge >= 0.3 is 0 Å². The molecule has 0 bridgehead atoms. The molecule has 0 amide bonds. The van der Waals surface area contributed by atoms with Crippen molar-refractivity contribution >= 4 is 13.2 Å². The lowest BCUT2D eigenvalue weighted by atomic mass is 10.1. The monoisotopic (exact) mass is 145 g/mol. The first-order valence-electron chi connectivity index (χ1n) is 3.93. The lowest BCUT2D eigenvalue weighted by molar-refractivity contribution is 0.909. The molecule has 1 aromatic heterocycles. The molecule has 0 aliphatic heterocycles. The summed E-state index contributed by atoms with van der Waals surface area (Å²) in [5, 5.41) is 1.89. The molecule has 0 saturated carbocycles. The number of rotatable bonds is 0. The minimum absolute atomic E-state index is 0.839. The van der Waals surface area contributed by atoms with Crippen LogP contribution in [0.1, 0.15) is 17.5 Å². The number of aryl methyl sites for hydroxylation is 1. The molecule has 56 valence electrons. The molecule has 1 aliphatic carbocycles. The van der Waals surface area contributed by atoms with E-state index in [9.17, 15) is 0 Å². The standard InChI is InChI=1S/C10H11N/c1-7-8(2)11-6-9-4-3-5-10(7)9/h6H,1-5H2. The largest absolute Gasteiger partial charge is 0.257 e. The van der Waals surface area contributed by atoms with Crippen LogP contribution in [0, 0.1) is 0 Å². The quantitative estimate of drug-likeness (QED) is 0.514. The van der Waals surface area contributed by atoms with E-state index in [1.807, 2.05) is 6.20 Å². The van der Waals surface area contributed by atoms with E-state index < -0.39 is 0 Å². The Morgan fingerprint density at radius 2 is 2.09 bits per heavy atom. The van der Waals surface area contributed by atoms with Crippen molar-refractivity contribution in [1.82, 2.24) is 4.98 Å². The molecule has 0 atom stereocenters. The Morgan fingerprint density at radius 3 is 2.91 bits per heavy atom. The molecule has 1 aromatic rings. The Morgan fingerprint density at radius 1 is 1.27 bits per heavy atom. The van der Waals surface area contributed by atoms with Crippen molar-refractivity contribution in [3.63, 3.8) is 0 Å². The third-order valence-corrected chi connectivity index (χ3v) is 2.35. The van der Waals surface area contributed by atoms with Gasteiger partial charge in [-0.1, -0.05) is 13.2 Å². The molecule has 1 nitrogen and oxygen atoms in total. The summed E-state index contributed by atoms with van der Waals surface area (Å²) in [6.07, 6.45) is 5.53. The highest BCUT2D eigenvalue weighted by molar-refractivity contribution is 5.32. The summed E-state index contributed by atoms with van der Waals surface area (Å²) >= 11 is 0. The van der Waals surface area contributed by atoms with Gasteiger partial charge in [-0.2, -0.15) is 0 Å². The maximum Gasteiger partial charge on any atom is 0.0627 e. The van der Waals surface area contributed by atoms with Gasteiger partial charge in [-0.25, -0.2) is 0 Å². The highest BCUT2D eigenvalue weighted by atomic mass is 14.6. The Balaban J connectivity index is 2.82. The van der Waals surface area contributed by atoms with Crippen molar-refractivity contribution < 1.29 is 0 Å². The molecule has 0 radical (unpaired) electrons. The molecular weight excluding hydrogens is 134 g/mol. The number of hydrogen-bond donors (Lipinski definition) is 0. The van der Waals surface area contributed by atoms with E-state index in [-0.39, 0.29) is 0 Å². The first-order valence-corrected chi connectivity index (χ1v) is 3.93. The van der Waals surface area contributed by atoms with Crippen LogP contribution in [0.4, 0.5) is 0 Å². The zero-order valence-corrected chi connectivity index (χ0v) is 6.56. The van der Waals surface area contributed by atoms with E-state index >= 15 is 0 Å². The fourth-order valence-corrected chi connectivity index (χ4v) is 1.66. The number of fused-ring (bicyclic) bond motifs is 1. The van der Waals surface area contributed by atoms with Gasteiger partial charge in [0.05, 0.1) is 5.35 Å². The molecule has 0 spiro atoms. The van der Waals surface area contributed by atoms with Gasteiger partial charge < -0.3 is 0 Å². The molecule has 11 heavy (non-hydrogen) atoms. The van der Waals surface area contributed by atoms with Crippen molar-refractivity contribution in [2.75, 3.05) is 0 Å². The predicted octanol–water partition coefficient (Wildman–Crippen LogP) is 0.391. The Bertz CT molecular complexity index is 379. The van der Waals surface area contributed by atoms with Gasteiger partial charge in [0.1, 0.15) is 0 Å². The van der Waals surface area contributed by atoms with E-state index in [1.54, 1.807) is 0 Å². The molecule has 0 N–H and O–H groups in total. The second kappa shape index (κ2) is 2.19. The van der Waals surface area contributed by atoms with Gasteiger partial charge in [-0.15, -0.1) is 0 Å². The molecule has 0 unspecified atom stereocenters. The first kappa shape index (κ1) is 6.59. The van der Waals surface area contributed by atoms with Crippen molar-refractivity contribution in [2.24, 2.45) is 0 Å². The third kappa shape index (κ3) is 0.881. The number of aromatic nitrogens is 1. The van der Waals surface area contributed by atoms with E-state index in [4.69, 9.17) is 0 Å². The number of nitrogens with zero attached hydrogens (tertiary/aromatic N) is 1. The van der Waals surface area contributed by atoms with Gasteiger partial charge in [0.15, 0.2) is 0 Å². The molecule has 1 aliphatic rings. The van der Waals surface area contributed by atoms with E-state index in [1.165, 1.54) is 30.4 Å². The Kier molecular flexibility index (Phi) is 1.31. The van der Waals surface area contributed by atoms with Crippen LogP contribution in [-0.4, -0.2) is 4.98 Å². The zero-order valence-electron chi connectivity index (χ0n) is 6.56. The van der Waals surface area contributed by atoms with Gasteiger partial charge in [0, 0.05) is 6.20 Å². The zero-order chi connectivity index (χ0) is 7.84. The molecule has 1 heterocycles. The van der Waals surface area contributed by atoms with E-state index in [2.05, 4.69) is 18.1 Å².